The molecule has 0 aromatic carbocycles. The number of hydrogen-bond acceptors (Lipinski definition) is 1. The highest BCUT2D eigenvalue weighted by Crippen LogP contribution is 2.01. The SMILES string of the molecule is C=CC(/C=C\C)N(C)CCCC. The lowest BCUT2D eigenvalue weighted by atomic mass is 10.2. The molecule has 0 N–H and O–H groups in total. The fraction of sp³-hybridized carbons (Fsp3) is 0.636. The van der Waals surface area contributed by atoms with E-state index in [1.807, 2.05) is 13.0 Å². The molecule has 0 aliphatic carbocycles. The Hall–Kier alpha value is -0.560. The first kappa shape index (κ1) is 11.4. The van der Waals surface area contributed by atoms with Crippen molar-refractivity contribution >= 4 is 0 Å². The minimum absolute atomic E-state index is 0.404. The topological polar surface area (TPSA) is 3.24 Å². The summed E-state index contributed by atoms with van der Waals surface area (Å²) in [6.45, 7) is 9.23. The number of likely N-dealkylation sites (N-methyl/N-ethyl adjacent to an activating group) is 1. The van der Waals surface area contributed by atoms with Gasteiger partial charge in [-0.15, -0.1) is 6.58 Å². The smallest absolute Gasteiger partial charge is 0.0456 e. The van der Waals surface area contributed by atoms with Crippen molar-refractivity contribution in [2.24, 2.45) is 0 Å². The van der Waals surface area contributed by atoms with E-state index in [0.29, 0.717) is 6.04 Å². The van der Waals surface area contributed by atoms with Crippen molar-refractivity contribution in [3.63, 3.8) is 0 Å². The monoisotopic (exact) mass is 167 g/mol. The number of hydrogen-bond donors (Lipinski definition) is 0. The minimum Gasteiger partial charge on any atom is -0.297 e. The Morgan fingerprint density at radius 1 is 1.50 bits per heavy atom. The van der Waals surface area contributed by atoms with E-state index in [0.717, 1.165) is 6.54 Å². The molecule has 70 valence electrons. The molecule has 0 saturated carbocycles. The number of nitrogens with zero attached hydrogens (tertiary/aromatic N) is 1. The van der Waals surface area contributed by atoms with Gasteiger partial charge in [0.2, 0.25) is 0 Å². The molecule has 0 rings (SSSR count). The summed E-state index contributed by atoms with van der Waals surface area (Å²) in [4.78, 5) is 2.32. The molecule has 0 aliphatic heterocycles. The average Bonchev–Trinajstić information content (AvgIpc) is 2.10. The van der Waals surface area contributed by atoms with Crippen LogP contribution >= 0.6 is 0 Å². The van der Waals surface area contributed by atoms with Crippen LogP contribution in [0.3, 0.4) is 0 Å². The molecule has 0 aromatic heterocycles. The van der Waals surface area contributed by atoms with Crippen LogP contribution in [0.15, 0.2) is 24.8 Å². The number of rotatable bonds is 6. The summed E-state index contributed by atoms with van der Waals surface area (Å²) in [6.07, 6.45) is 8.75. The van der Waals surface area contributed by atoms with E-state index in [9.17, 15) is 0 Å². The second kappa shape index (κ2) is 7.11. The van der Waals surface area contributed by atoms with Crippen molar-refractivity contribution in [1.82, 2.24) is 4.90 Å². The quantitative estimate of drug-likeness (QED) is 0.550. The van der Waals surface area contributed by atoms with Gasteiger partial charge in [0.1, 0.15) is 0 Å². The summed E-state index contributed by atoms with van der Waals surface area (Å²) in [7, 11) is 2.14. The van der Waals surface area contributed by atoms with Crippen LogP contribution in [0.5, 0.6) is 0 Å². The molecule has 0 heterocycles. The van der Waals surface area contributed by atoms with Gasteiger partial charge in [0.25, 0.3) is 0 Å². The van der Waals surface area contributed by atoms with E-state index in [1.165, 1.54) is 12.8 Å². The molecule has 1 heteroatoms. The summed E-state index contributed by atoms with van der Waals surface area (Å²) >= 11 is 0. The van der Waals surface area contributed by atoms with Gasteiger partial charge in [-0.05, 0) is 26.9 Å². The van der Waals surface area contributed by atoms with Crippen molar-refractivity contribution in [3.8, 4) is 0 Å². The van der Waals surface area contributed by atoms with Gasteiger partial charge >= 0.3 is 0 Å². The standard InChI is InChI=1S/C11H21N/c1-5-8-10-12(4)11(7-3)9-6-2/h6-7,9,11H,3,5,8,10H2,1-2,4H3/b9-6-. The van der Waals surface area contributed by atoms with Crippen LogP contribution < -0.4 is 0 Å². The summed E-state index contributed by atoms with van der Waals surface area (Å²) in [5.74, 6) is 0. The first-order chi connectivity index (χ1) is 5.76. The highest BCUT2D eigenvalue weighted by Gasteiger charge is 2.04. The normalized spacial score (nSPS) is 14.0. The lowest BCUT2D eigenvalue weighted by Crippen LogP contribution is -2.29. The van der Waals surface area contributed by atoms with Gasteiger partial charge in [-0.25, -0.2) is 0 Å². The van der Waals surface area contributed by atoms with Gasteiger partial charge in [-0.2, -0.15) is 0 Å². The second-order valence-electron chi connectivity index (χ2n) is 3.09. The fourth-order valence-corrected chi connectivity index (χ4v) is 1.16. The highest BCUT2D eigenvalue weighted by molar-refractivity contribution is 5.02. The molecular weight excluding hydrogens is 146 g/mol. The van der Waals surface area contributed by atoms with Gasteiger partial charge < -0.3 is 0 Å². The van der Waals surface area contributed by atoms with Crippen LogP contribution in [-0.4, -0.2) is 24.5 Å². The first-order valence-electron chi connectivity index (χ1n) is 4.71. The van der Waals surface area contributed by atoms with Crippen LogP contribution in [0, 0.1) is 0 Å². The maximum atomic E-state index is 3.82. The lowest BCUT2D eigenvalue weighted by molar-refractivity contribution is 0.313. The van der Waals surface area contributed by atoms with E-state index in [2.05, 4.69) is 37.6 Å². The van der Waals surface area contributed by atoms with Gasteiger partial charge in [0.15, 0.2) is 0 Å². The molecular formula is C11H21N. The molecule has 0 aromatic rings. The highest BCUT2D eigenvalue weighted by atomic mass is 15.1. The first-order valence-corrected chi connectivity index (χ1v) is 4.71. The van der Waals surface area contributed by atoms with Crippen molar-refractivity contribution in [2.45, 2.75) is 32.7 Å². The Kier molecular flexibility index (Phi) is 6.78. The molecule has 0 saturated heterocycles. The van der Waals surface area contributed by atoms with Crippen LogP contribution in [0.2, 0.25) is 0 Å². The second-order valence-corrected chi connectivity index (χ2v) is 3.09. The molecule has 12 heavy (non-hydrogen) atoms. The molecule has 0 bridgehead atoms. The molecule has 1 unspecified atom stereocenters. The fourth-order valence-electron chi connectivity index (χ4n) is 1.16. The third-order valence-electron chi connectivity index (χ3n) is 2.00. The van der Waals surface area contributed by atoms with Crippen molar-refractivity contribution in [1.29, 1.82) is 0 Å². The van der Waals surface area contributed by atoms with E-state index in [1.54, 1.807) is 0 Å². The van der Waals surface area contributed by atoms with Gasteiger partial charge in [0.05, 0.1) is 0 Å². The van der Waals surface area contributed by atoms with Crippen LogP contribution in [0.4, 0.5) is 0 Å². The van der Waals surface area contributed by atoms with Gasteiger partial charge in [-0.3, -0.25) is 4.90 Å². The average molecular weight is 167 g/mol. The molecule has 0 spiro atoms. The van der Waals surface area contributed by atoms with E-state index in [-0.39, 0.29) is 0 Å². The predicted molar refractivity (Wildman–Crippen MR) is 56.3 cm³/mol. The third kappa shape index (κ3) is 4.35. The molecule has 0 radical (unpaired) electrons. The third-order valence-corrected chi connectivity index (χ3v) is 2.00. The van der Waals surface area contributed by atoms with Crippen molar-refractivity contribution in [3.05, 3.63) is 24.8 Å². The molecule has 0 fully saturated rings. The maximum Gasteiger partial charge on any atom is 0.0456 e. The van der Waals surface area contributed by atoms with E-state index < -0.39 is 0 Å². The molecule has 1 nitrogen and oxygen atoms in total. The zero-order valence-electron chi connectivity index (χ0n) is 8.59. The van der Waals surface area contributed by atoms with Gasteiger partial charge in [0, 0.05) is 6.04 Å². The lowest BCUT2D eigenvalue weighted by Gasteiger charge is -2.22. The van der Waals surface area contributed by atoms with Crippen LogP contribution in [-0.2, 0) is 0 Å². The summed E-state index contributed by atoms with van der Waals surface area (Å²) in [5.41, 5.74) is 0. The van der Waals surface area contributed by atoms with Crippen LogP contribution in [0.25, 0.3) is 0 Å². The van der Waals surface area contributed by atoms with E-state index in [4.69, 9.17) is 0 Å². The number of unbranched alkanes of at least 4 members (excludes halogenated alkanes) is 1. The summed E-state index contributed by atoms with van der Waals surface area (Å²) < 4.78 is 0. The predicted octanol–water partition coefficient (Wildman–Crippen LogP) is 2.85. The van der Waals surface area contributed by atoms with Crippen molar-refractivity contribution in [2.75, 3.05) is 13.6 Å². The van der Waals surface area contributed by atoms with Crippen molar-refractivity contribution < 1.29 is 0 Å². The Balaban J connectivity index is 3.84. The Bertz CT molecular complexity index is 138. The largest absolute Gasteiger partial charge is 0.297 e. The minimum atomic E-state index is 0.404. The maximum absolute atomic E-state index is 3.82. The molecule has 0 aliphatic rings. The molecule has 0 amide bonds. The number of allylic oxidation sites excluding steroid dienone is 1. The Labute approximate surface area is 76.8 Å². The zero-order chi connectivity index (χ0) is 9.40. The zero-order valence-corrected chi connectivity index (χ0v) is 8.59. The van der Waals surface area contributed by atoms with Crippen LogP contribution in [0.1, 0.15) is 26.7 Å². The summed E-state index contributed by atoms with van der Waals surface area (Å²) in [5, 5.41) is 0. The van der Waals surface area contributed by atoms with E-state index >= 15 is 0 Å². The van der Waals surface area contributed by atoms with Gasteiger partial charge in [-0.1, -0.05) is 31.6 Å². The summed E-state index contributed by atoms with van der Waals surface area (Å²) in [6, 6.07) is 0.404. The Morgan fingerprint density at radius 2 is 2.17 bits per heavy atom. The Morgan fingerprint density at radius 3 is 2.58 bits per heavy atom. The molecule has 1 atom stereocenters.